The van der Waals surface area contributed by atoms with E-state index < -0.39 is 0 Å². The Balaban J connectivity index is 1.95. The highest BCUT2D eigenvalue weighted by Crippen LogP contribution is 2.36. The van der Waals surface area contributed by atoms with Gasteiger partial charge in [0.15, 0.2) is 11.5 Å². The van der Waals surface area contributed by atoms with Crippen molar-refractivity contribution in [2.75, 3.05) is 46.2 Å². The van der Waals surface area contributed by atoms with E-state index in [4.69, 9.17) is 19.9 Å². The molecule has 0 atom stereocenters. The Labute approximate surface area is 114 Å². The number of hydrogen-bond acceptors (Lipinski definition) is 5. The minimum absolute atomic E-state index is 0.569. The highest BCUT2D eigenvalue weighted by Gasteiger charge is 2.13. The number of ether oxygens (including phenoxy) is 3. The van der Waals surface area contributed by atoms with E-state index in [1.807, 2.05) is 0 Å². The molecule has 1 aromatic carbocycles. The van der Waals surface area contributed by atoms with E-state index in [-0.39, 0.29) is 0 Å². The van der Waals surface area contributed by atoms with Crippen LogP contribution in [0, 0.1) is 0 Å². The van der Waals surface area contributed by atoms with E-state index in [1.54, 1.807) is 26.4 Å². The van der Waals surface area contributed by atoms with E-state index in [9.17, 15) is 0 Å². The maximum atomic E-state index is 5.94. The SMILES string of the molecule is COc1cc(N)c(OCCN2CCCC2)cc1OC. The molecular weight excluding hydrogens is 244 g/mol. The average Bonchev–Trinajstić information content (AvgIpc) is 2.93. The van der Waals surface area contributed by atoms with Crippen molar-refractivity contribution in [2.45, 2.75) is 12.8 Å². The van der Waals surface area contributed by atoms with Crippen molar-refractivity contribution in [1.82, 2.24) is 4.90 Å². The smallest absolute Gasteiger partial charge is 0.164 e. The molecule has 2 rings (SSSR count). The molecule has 2 N–H and O–H groups in total. The van der Waals surface area contributed by atoms with Gasteiger partial charge in [-0.25, -0.2) is 0 Å². The lowest BCUT2D eigenvalue weighted by atomic mass is 10.2. The lowest BCUT2D eigenvalue weighted by Crippen LogP contribution is -2.25. The number of likely N-dealkylation sites (tertiary alicyclic amines) is 1. The van der Waals surface area contributed by atoms with Crippen LogP contribution in [-0.2, 0) is 0 Å². The highest BCUT2D eigenvalue weighted by atomic mass is 16.5. The molecule has 1 fully saturated rings. The summed E-state index contributed by atoms with van der Waals surface area (Å²) in [5.41, 5.74) is 6.51. The van der Waals surface area contributed by atoms with E-state index >= 15 is 0 Å². The van der Waals surface area contributed by atoms with Crippen LogP contribution in [0.25, 0.3) is 0 Å². The molecule has 5 nitrogen and oxygen atoms in total. The van der Waals surface area contributed by atoms with Crippen LogP contribution < -0.4 is 19.9 Å². The summed E-state index contributed by atoms with van der Waals surface area (Å²) >= 11 is 0. The van der Waals surface area contributed by atoms with Crippen molar-refractivity contribution in [1.29, 1.82) is 0 Å². The van der Waals surface area contributed by atoms with Crippen LogP contribution in [0.5, 0.6) is 17.2 Å². The van der Waals surface area contributed by atoms with Crippen LogP contribution in [0.15, 0.2) is 12.1 Å². The van der Waals surface area contributed by atoms with Gasteiger partial charge in [-0.1, -0.05) is 0 Å². The second-order valence-electron chi connectivity index (χ2n) is 4.64. The number of hydrogen-bond donors (Lipinski definition) is 1. The molecule has 5 heteroatoms. The third-order valence-corrected chi connectivity index (χ3v) is 3.38. The Morgan fingerprint density at radius 1 is 1.05 bits per heavy atom. The maximum Gasteiger partial charge on any atom is 0.164 e. The van der Waals surface area contributed by atoms with Crippen molar-refractivity contribution in [3.8, 4) is 17.2 Å². The zero-order chi connectivity index (χ0) is 13.7. The van der Waals surface area contributed by atoms with Crippen LogP contribution in [0.3, 0.4) is 0 Å². The molecule has 0 aromatic heterocycles. The Hall–Kier alpha value is -1.62. The van der Waals surface area contributed by atoms with Gasteiger partial charge in [0.05, 0.1) is 19.9 Å². The van der Waals surface area contributed by atoms with E-state index in [0.29, 0.717) is 29.5 Å². The van der Waals surface area contributed by atoms with Crippen molar-refractivity contribution in [2.24, 2.45) is 0 Å². The molecular formula is C14H22N2O3. The molecule has 0 radical (unpaired) electrons. The normalized spacial score (nSPS) is 15.5. The molecule has 1 aliphatic rings. The standard InChI is InChI=1S/C14H22N2O3/c1-17-13-9-11(15)12(10-14(13)18-2)19-8-7-16-5-3-4-6-16/h9-10H,3-8,15H2,1-2H3. The summed E-state index contributed by atoms with van der Waals surface area (Å²) in [6.07, 6.45) is 2.58. The summed E-state index contributed by atoms with van der Waals surface area (Å²) in [5, 5.41) is 0. The molecule has 1 aliphatic heterocycles. The Morgan fingerprint density at radius 3 is 2.32 bits per heavy atom. The van der Waals surface area contributed by atoms with Crippen molar-refractivity contribution < 1.29 is 14.2 Å². The molecule has 0 unspecified atom stereocenters. The lowest BCUT2D eigenvalue weighted by molar-refractivity contribution is 0.237. The molecule has 1 aromatic rings. The fraction of sp³-hybridized carbons (Fsp3) is 0.571. The van der Waals surface area contributed by atoms with Gasteiger partial charge in [0, 0.05) is 18.7 Å². The molecule has 1 saturated heterocycles. The fourth-order valence-corrected chi connectivity index (χ4v) is 2.29. The summed E-state index contributed by atoms with van der Waals surface area (Å²) in [6, 6.07) is 3.50. The van der Waals surface area contributed by atoms with Gasteiger partial charge in [0.25, 0.3) is 0 Å². The molecule has 1 heterocycles. The second kappa shape index (κ2) is 6.52. The summed E-state index contributed by atoms with van der Waals surface area (Å²) in [6.45, 7) is 3.92. The number of benzene rings is 1. The lowest BCUT2D eigenvalue weighted by Gasteiger charge is -2.17. The average molecular weight is 266 g/mol. The van der Waals surface area contributed by atoms with Gasteiger partial charge in [0.1, 0.15) is 12.4 Å². The zero-order valence-corrected chi connectivity index (χ0v) is 11.6. The largest absolute Gasteiger partial charge is 0.493 e. The van der Waals surface area contributed by atoms with Gasteiger partial charge < -0.3 is 19.9 Å². The van der Waals surface area contributed by atoms with Gasteiger partial charge >= 0.3 is 0 Å². The first-order valence-electron chi connectivity index (χ1n) is 6.61. The van der Waals surface area contributed by atoms with Gasteiger partial charge in [0.2, 0.25) is 0 Å². The summed E-state index contributed by atoms with van der Waals surface area (Å²) in [5.74, 6) is 1.90. The number of methoxy groups -OCH3 is 2. The molecule has 0 aliphatic carbocycles. The Morgan fingerprint density at radius 2 is 1.68 bits per heavy atom. The number of rotatable bonds is 6. The molecule has 0 amide bonds. The topological polar surface area (TPSA) is 57.0 Å². The first kappa shape index (κ1) is 13.8. The van der Waals surface area contributed by atoms with Crippen molar-refractivity contribution in [3.63, 3.8) is 0 Å². The Bertz CT molecular complexity index is 417. The first-order chi connectivity index (χ1) is 9.24. The van der Waals surface area contributed by atoms with Crippen LogP contribution in [0.4, 0.5) is 5.69 Å². The number of nitrogens with two attached hydrogens (primary N) is 1. The fourth-order valence-electron chi connectivity index (χ4n) is 2.29. The first-order valence-corrected chi connectivity index (χ1v) is 6.61. The van der Waals surface area contributed by atoms with E-state index in [2.05, 4.69) is 4.90 Å². The van der Waals surface area contributed by atoms with Crippen LogP contribution >= 0.6 is 0 Å². The van der Waals surface area contributed by atoms with Crippen molar-refractivity contribution >= 4 is 5.69 Å². The molecule has 106 valence electrons. The van der Waals surface area contributed by atoms with Gasteiger partial charge in [-0.15, -0.1) is 0 Å². The van der Waals surface area contributed by atoms with Gasteiger partial charge in [-0.2, -0.15) is 0 Å². The van der Waals surface area contributed by atoms with Crippen LogP contribution in [-0.4, -0.2) is 45.4 Å². The van der Waals surface area contributed by atoms with E-state index in [1.165, 1.54) is 25.9 Å². The third kappa shape index (κ3) is 3.44. The summed E-state index contributed by atoms with van der Waals surface area (Å²) in [7, 11) is 3.19. The van der Waals surface area contributed by atoms with Gasteiger partial charge in [-0.3, -0.25) is 4.90 Å². The number of nitrogens with zero attached hydrogens (tertiary/aromatic N) is 1. The quantitative estimate of drug-likeness (QED) is 0.795. The minimum Gasteiger partial charge on any atom is -0.493 e. The minimum atomic E-state index is 0.569. The Kier molecular flexibility index (Phi) is 4.74. The van der Waals surface area contributed by atoms with Crippen LogP contribution in [0.1, 0.15) is 12.8 Å². The van der Waals surface area contributed by atoms with Crippen molar-refractivity contribution in [3.05, 3.63) is 12.1 Å². The predicted molar refractivity (Wildman–Crippen MR) is 75.1 cm³/mol. The molecule has 19 heavy (non-hydrogen) atoms. The highest BCUT2D eigenvalue weighted by molar-refractivity contribution is 5.61. The number of anilines is 1. The molecule has 0 saturated carbocycles. The monoisotopic (exact) mass is 266 g/mol. The number of nitrogen functional groups attached to an aromatic ring is 1. The van der Waals surface area contributed by atoms with Gasteiger partial charge in [-0.05, 0) is 25.9 Å². The summed E-state index contributed by atoms with van der Waals surface area (Å²) < 4.78 is 16.2. The second-order valence-corrected chi connectivity index (χ2v) is 4.64. The predicted octanol–water partition coefficient (Wildman–Crippen LogP) is 1.76. The van der Waals surface area contributed by atoms with Crippen LogP contribution in [0.2, 0.25) is 0 Å². The maximum absolute atomic E-state index is 5.94. The summed E-state index contributed by atoms with van der Waals surface area (Å²) in [4.78, 5) is 2.40. The zero-order valence-electron chi connectivity index (χ0n) is 11.6. The molecule has 0 spiro atoms. The third-order valence-electron chi connectivity index (χ3n) is 3.38. The van der Waals surface area contributed by atoms with E-state index in [0.717, 1.165) is 6.54 Å². The molecule has 0 bridgehead atoms.